The van der Waals surface area contributed by atoms with E-state index in [1.54, 1.807) is 5.48 Å². The summed E-state index contributed by atoms with van der Waals surface area (Å²) >= 11 is 0. The number of hydrogen-bond donors (Lipinski definition) is 2. The number of nitrogens with one attached hydrogen (secondary N) is 1. The summed E-state index contributed by atoms with van der Waals surface area (Å²) in [7, 11) is 0. The van der Waals surface area contributed by atoms with Crippen molar-refractivity contribution in [2.75, 3.05) is 5.48 Å². The van der Waals surface area contributed by atoms with Crippen LogP contribution in [0.15, 0.2) is 17.1 Å². The molecular formula is C13H16N3O7. The van der Waals surface area contributed by atoms with Crippen molar-refractivity contribution < 1.29 is 29.0 Å². The molecule has 0 amide bonds. The third-order valence-electron chi connectivity index (χ3n) is 3.11. The molecule has 1 fully saturated rings. The zero-order chi connectivity index (χ0) is 17.1. The summed E-state index contributed by atoms with van der Waals surface area (Å²) in [5.74, 6) is -1.30. The van der Waals surface area contributed by atoms with Crippen LogP contribution in [0.5, 0.6) is 0 Å². The molecule has 2 rings (SSSR count). The van der Waals surface area contributed by atoms with E-state index in [0.717, 1.165) is 4.57 Å². The molecule has 1 radical (unpaired) electrons. The molecule has 0 aromatic carbocycles. The second kappa shape index (κ2) is 6.75. The average molecular weight is 326 g/mol. The highest BCUT2D eigenvalue weighted by atomic mass is 16.6. The lowest BCUT2D eigenvalue weighted by Gasteiger charge is -2.23. The van der Waals surface area contributed by atoms with Crippen LogP contribution in [-0.4, -0.2) is 45.0 Å². The fraction of sp³-hybridized carbons (Fsp3) is 0.462. The Morgan fingerprint density at radius 3 is 2.48 bits per heavy atom. The molecule has 2 heterocycles. The molecule has 2 N–H and O–H groups in total. The molecular weight excluding hydrogens is 310 g/mol. The van der Waals surface area contributed by atoms with Crippen molar-refractivity contribution in [1.82, 2.24) is 9.55 Å². The molecule has 125 valence electrons. The second-order valence-electron chi connectivity index (χ2n) is 4.83. The predicted octanol–water partition coefficient (Wildman–Crippen LogP) is -0.361. The Bertz CT molecular complexity index is 659. The molecule has 10 heteroatoms. The predicted molar refractivity (Wildman–Crippen MR) is 74.3 cm³/mol. The molecule has 0 saturated carbocycles. The van der Waals surface area contributed by atoms with Crippen molar-refractivity contribution in [3.63, 3.8) is 0 Å². The lowest BCUT2D eigenvalue weighted by Crippen LogP contribution is -2.40. The number of ether oxygens (including phenoxy) is 3. The fourth-order valence-electron chi connectivity index (χ4n) is 2.25. The van der Waals surface area contributed by atoms with Gasteiger partial charge in [-0.25, -0.2) is 4.79 Å². The second-order valence-corrected chi connectivity index (χ2v) is 4.83. The van der Waals surface area contributed by atoms with E-state index < -0.39 is 42.2 Å². The number of rotatable bonds is 4. The number of nitrogens with zero attached hydrogens (tertiary/aromatic N) is 2. The van der Waals surface area contributed by atoms with Crippen molar-refractivity contribution in [2.45, 2.75) is 38.4 Å². The first-order valence-electron chi connectivity index (χ1n) is 6.65. The minimum atomic E-state index is -1.07. The normalized spacial score (nSPS) is 26.6. The third kappa shape index (κ3) is 3.66. The van der Waals surface area contributed by atoms with Gasteiger partial charge in [0.15, 0.2) is 24.3 Å². The van der Waals surface area contributed by atoms with E-state index in [2.05, 4.69) is 11.9 Å². The van der Waals surface area contributed by atoms with Crippen LogP contribution in [0, 0.1) is 6.92 Å². The maximum Gasteiger partial charge on any atom is 0.351 e. The van der Waals surface area contributed by atoms with Gasteiger partial charge in [-0.05, 0) is 13.0 Å². The summed E-state index contributed by atoms with van der Waals surface area (Å²) < 4.78 is 16.8. The van der Waals surface area contributed by atoms with Crippen LogP contribution in [0.2, 0.25) is 0 Å². The van der Waals surface area contributed by atoms with Gasteiger partial charge in [-0.2, -0.15) is 4.98 Å². The third-order valence-corrected chi connectivity index (χ3v) is 3.11. The zero-order valence-electron chi connectivity index (χ0n) is 12.5. The van der Waals surface area contributed by atoms with Gasteiger partial charge in [0.2, 0.25) is 0 Å². The smallest absolute Gasteiger partial charge is 0.351 e. The summed E-state index contributed by atoms with van der Waals surface area (Å²) in [6.45, 7) is 6.06. The van der Waals surface area contributed by atoms with Crippen LogP contribution in [0.3, 0.4) is 0 Å². The number of anilines is 1. The van der Waals surface area contributed by atoms with E-state index in [1.165, 1.54) is 26.1 Å². The van der Waals surface area contributed by atoms with Crippen LogP contribution in [0.4, 0.5) is 5.82 Å². The summed E-state index contributed by atoms with van der Waals surface area (Å²) in [4.78, 5) is 38.1. The van der Waals surface area contributed by atoms with E-state index in [1.807, 2.05) is 0 Å². The first-order valence-corrected chi connectivity index (χ1v) is 6.65. The van der Waals surface area contributed by atoms with Gasteiger partial charge in [0.25, 0.3) is 0 Å². The fourth-order valence-corrected chi connectivity index (χ4v) is 2.25. The standard InChI is InChI=1S/C13H16N3O7/c1-6-10(22-7(2)17)11(23-8(3)18)12(21-6)16-5-4-9(15-20)14-13(16)19/h4-6,10-12,20H,1H2,2-3H3,(H,14,15,19)/t6?,10-,11-,12?/m1/s1. The number of aromatic nitrogens is 2. The van der Waals surface area contributed by atoms with Gasteiger partial charge in [-0.1, -0.05) is 0 Å². The molecule has 0 bridgehead atoms. The van der Waals surface area contributed by atoms with E-state index in [9.17, 15) is 14.4 Å². The summed E-state index contributed by atoms with van der Waals surface area (Å²) in [5.41, 5.74) is 0.978. The van der Waals surface area contributed by atoms with Gasteiger partial charge in [0, 0.05) is 20.0 Å². The quantitative estimate of drug-likeness (QED) is 0.562. The highest BCUT2D eigenvalue weighted by molar-refractivity contribution is 5.67. The van der Waals surface area contributed by atoms with Crippen LogP contribution < -0.4 is 11.2 Å². The minimum Gasteiger partial charge on any atom is -0.456 e. The molecule has 0 spiro atoms. The molecule has 1 saturated heterocycles. The minimum absolute atomic E-state index is 0.0593. The Kier molecular flexibility index (Phi) is 4.96. The van der Waals surface area contributed by atoms with Crippen molar-refractivity contribution in [3.05, 3.63) is 29.7 Å². The van der Waals surface area contributed by atoms with E-state index in [0.29, 0.717) is 0 Å². The Morgan fingerprint density at radius 1 is 1.35 bits per heavy atom. The zero-order valence-corrected chi connectivity index (χ0v) is 12.5. The van der Waals surface area contributed by atoms with Crippen molar-refractivity contribution in [3.8, 4) is 0 Å². The van der Waals surface area contributed by atoms with E-state index >= 15 is 0 Å². The lowest BCUT2D eigenvalue weighted by molar-refractivity contribution is -0.165. The Balaban J connectivity index is 2.37. The average Bonchev–Trinajstić information content (AvgIpc) is 2.75. The van der Waals surface area contributed by atoms with Crippen molar-refractivity contribution >= 4 is 17.8 Å². The Labute approximate surface area is 130 Å². The first-order chi connectivity index (χ1) is 10.8. The highest BCUT2D eigenvalue weighted by Gasteiger charge is 2.48. The molecule has 2 unspecified atom stereocenters. The maximum absolute atomic E-state index is 12.0. The monoisotopic (exact) mass is 326 g/mol. The van der Waals surface area contributed by atoms with Crippen LogP contribution >= 0.6 is 0 Å². The molecule has 1 aliphatic heterocycles. The van der Waals surface area contributed by atoms with Crippen LogP contribution in [0.1, 0.15) is 20.1 Å². The number of carbonyl (C=O) groups is 2. The summed E-state index contributed by atoms with van der Waals surface area (Å²) in [6, 6.07) is 1.31. The van der Waals surface area contributed by atoms with Crippen molar-refractivity contribution in [2.24, 2.45) is 0 Å². The Hall–Kier alpha value is -2.46. The van der Waals surface area contributed by atoms with Gasteiger partial charge in [0.1, 0.15) is 6.10 Å². The molecule has 0 aliphatic carbocycles. The van der Waals surface area contributed by atoms with Gasteiger partial charge in [0.05, 0.1) is 0 Å². The first kappa shape index (κ1) is 16.9. The Morgan fingerprint density at radius 2 is 1.96 bits per heavy atom. The van der Waals surface area contributed by atoms with Gasteiger partial charge in [-0.3, -0.25) is 24.8 Å². The highest BCUT2D eigenvalue weighted by Crippen LogP contribution is 2.32. The molecule has 1 aromatic heterocycles. The van der Waals surface area contributed by atoms with E-state index in [-0.39, 0.29) is 5.82 Å². The largest absolute Gasteiger partial charge is 0.456 e. The SMILES string of the molecule is [CH2]C1OC(n2ccc(NO)nc2=O)[C@H](OC(C)=O)[C@@H]1OC(C)=O. The number of esters is 2. The lowest BCUT2D eigenvalue weighted by atomic mass is 10.1. The van der Waals surface area contributed by atoms with Gasteiger partial charge in [-0.15, -0.1) is 0 Å². The number of carbonyl (C=O) groups excluding carboxylic acids is 2. The van der Waals surface area contributed by atoms with Crippen LogP contribution in [0.25, 0.3) is 0 Å². The molecule has 23 heavy (non-hydrogen) atoms. The topological polar surface area (TPSA) is 129 Å². The molecule has 4 atom stereocenters. The molecule has 1 aromatic rings. The molecule has 10 nitrogen and oxygen atoms in total. The number of hydrogen-bond acceptors (Lipinski definition) is 9. The van der Waals surface area contributed by atoms with Crippen LogP contribution in [-0.2, 0) is 23.8 Å². The van der Waals surface area contributed by atoms with E-state index in [4.69, 9.17) is 19.4 Å². The van der Waals surface area contributed by atoms with Gasteiger partial charge < -0.3 is 14.2 Å². The summed E-state index contributed by atoms with van der Waals surface area (Å²) in [6.07, 6.45) is -2.66. The summed E-state index contributed by atoms with van der Waals surface area (Å²) in [5, 5.41) is 8.74. The maximum atomic E-state index is 12.0. The molecule has 1 aliphatic rings. The van der Waals surface area contributed by atoms with Crippen molar-refractivity contribution in [1.29, 1.82) is 0 Å². The van der Waals surface area contributed by atoms with Gasteiger partial charge >= 0.3 is 17.6 Å².